The van der Waals surface area contributed by atoms with Crippen LogP contribution in [0.25, 0.3) is 0 Å². The molecule has 0 heterocycles. The van der Waals surface area contributed by atoms with Crippen LogP contribution in [0, 0.1) is 16.9 Å². The Morgan fingerprint density at radius 2 is 1.78 bits per heavy atom. The Hall–Kier alpha value is -2.80. The van der Waals surface area contributed by atoms with Gasteiger partial charge in [0, 0.05) is 11.0 Å². The number of rotatable bonds is 4. The Bertz CT molecular complexity index is 888. The zero-order valence-corrected chi connectivity index (χ0v) is 15.7. The number of methoxy groups -OCH3 is 1. The highest BCUT2D eigenvalue weighted by Crippen LogP contribution is 2.48. The summed E-state index contributed by atoms with van der Waals surface area (Å²) in [5.74, 6) is 1.66. The molecule has 0 bridgehead atoms. The largest absolute Gasteiger partial charge is 0.497 e. The number of nitriles is 1. The summed E-state index contributed by atoms with van der Waals surface area (Å²) in [7, 11) is 1.66. The van der Waals surface area contributed by atoms with E-state index >= 15 is 0 Å². The van der Waals surface area contributed by atoms with Gasteiger partial charge in [-0.05, 0) is 54.7 Å². The third kappa shape index (κ3) is 3.42. The van der Waals surface area contributed by atoms with E-state index in [0.717, 1.165) is 47.6 Å². The highest BCUT2D eigenvalue weighted by molar-refractivity contribution is 6.09. The number of hydrogen-bond donors (Lipinski definition) is 0. The molecule has 4 rings (SSSR count). The summed E-state index contributed by atoms with van der Waals surface area (Å²) in [6, 6.07) is 14.1. The number of aliphatic imine (C=N–C) groups is 1. The van der Waals surface area contributed by atoms with Crippen LogP contribution in [0.4, 0.5) is 0 Å². The maximum Gasteiger partial charge on any atom is 0.205 e. The maximum atomic E-state index is 9.25. The van der Waals surface area contributed by atoms with Crippen molar-refractivity contribution in [1.29, 1.82) is 5.26 Å². The summed E-state index contributed by atoms with van der Waals surface area (Å²) >= 11 is 0. The van der Waals surface area contributed by atoms with Gasteiger partial charge in [0.1, 0.15) is 18.1 Å². The van der Waals surface area contributed by atoms with E-state index in [2.05, 4.69) is 17.1 Å². The second-order valence-corrected chi connectivity index (χ2v) is 7.53. The van der Waals surface area contributed by atoms with Crippen LogP contribution in [0.15, 0.2) is 47.5 Å². The minimum absolute atomic E-state index is 0.0604. The molecule has 0 saturated heterocycles. The number of nitrogens with zero attached hydrogens (tertiary/aromatic N) is 2. The van der Waals surface area contributed by atoms with Gasteiger partial charge in [-0.25, -0.2) is 0 Å². The normalized spacial score (nSPS) is 18.9. The van der Waals surface area contributed by atoms with Crippen LogP contribution in [-0.2, 0) is 13.0 Å². The molecule has 138 valence electrons. The molecule has 0 amide bonds. The smallest absolute Gasteiger partial charge is 0.205 e. The molecule has 0 radical (unpaired) electrons. The second-order valence-electron chi connectivity index (χ2n) is 7.53. The quantitative estimate of drug-likeness (QED) is 0.717. The molecular weight excluding hydrogens is 336 g/mol. The number of fused-ring (bicyclic) bond motifs is 1. The fourth-order valence-electron chi connectivity index (χ4n) is 4.51. The van der Waals surface area contributed by atoms with E-state index in [0.29, 0.717) is 6.61 Å². The zero-order chi connectivity index (χ0) is 18.7. The Labute approximate surface area is 160 Å². The molecule has 2 aliphatic rings. The summed E-state index contributed by atoms with van der Waals surface area (Å²) in [4.78, 5) is 4.27. The minimum atomic E-state index is 0.0604. The van der Waals surface area contributed by atoms with Gasteiger partial charge in [-0.2, -0.15) is 10.3 Å². The summed E-state index contributed by atoms with van der Waals surface area (Å²) in [6.07, 6.45) is 9.03. The summed E-state index contributed by atoms with van der Waals surface area (Å²) < 4.78 is 11.2. The van der Waals surface area contributed by atoms with Crippen LogP contribution < -0.4 is 9.47 Å². The average molecular weight is 360 g/mol. The van der Waals surface area contributed by atoms with Crippen molar-refractivity contribution in [3.63, 3.8) is 0 Å². The van der Waals surface area contributed by atoms with Crippen molar-refractivity contribution in [2.75, 3.05) is 7.11 Å². The van der Waals surface area contributed by atoms with E-state index in [1.807, 2.05) is 36.5 Å². The molecular formula is C23H24N2O2. The summed E-state index contributed by atoms with van der Waals surface area (Å²) in [5, 5.41) is 9.25. The van der Waals surface area contributed by atoms with Crippen LogP contribution in [0.3, 0.4) is 0 Å². The molecule has 2 aromatic rings. The Kier molecular flexibility index (Phi) is 4.85. The maximum absolute atomic E-state index is 9.25. The standard InChI is InChI=1S/C23H24N2O2/c1-26-19-8-5-17(6-9-19)15-27-20-10-7-18-14-23(11-3-2-4-12-23)22(25-16-24)21(18)13-20/h5-10,13H,2-4,11-12,14-15H2,1H3. The molecule has 2 aliphatic carbocycles. The van der Waals surface area contributed by atoms with E-state index < -0.39 is 0 Å². The second kappa shape index (κ2) is 7.44. The molecule has 2 aromatic carbocycles. The average Bonchev–Trinajstić information content (AvgIpc) is 3.00. The molecule has 1 spiro atoms. The minimum Gasteiger partial charge on any atom is -0.497 e. The molecule has 0 aromatic heterocycles. The monoisotopic (exact) mass is 360 g/mol. The summed E-state index contributed by atoms with van der Waals surface area (Å²) in [5.41, 5.74) is 4.53. The predicted molar refractivity (Wildman–Crippen MR) is 105 cm³/mol. The molecule has 0 N–H and O–H groups in total. The lowest BCUT2D eigenvalue weighted by molar-refractivity contribution is 0.291. The Morgan fingerprint density at radius 1 is 1.04 bits per heavy atom. The van der Waals surface area contributed by atoms with Crippen LogP contribution in [0.5, 0.6) is 11.5 Å². The van der Waals surface area contributed by atoms with Gasteiger partial charge in [0.2, 0.25) is 6.19 Å². The van der Waals surface area contributed by atoms with Crippen molar-refractivity contribution in [1.82, 2.24) is 0 Å². The lowest BCUT2D eigenvalue weighted by atomic mass is 9.71. The van der Waals surface area contributed by atoms with Crippen molar-refractivity contribution in [2.45, 2.75) is 45.1 Å². The van der Waals surface area contributed by atoms with E-state index in [1.54, 1.807) is 7.11 Å². The van der Waals surface area contributed by atoms with Crippen LogP contribution >= 0.6 is 0 Å². The van der Waals surface area contributed by atoms with Gasteiger partial charge in [-0.15, -0.1) is 0 Å². The van der Waals surface area contributed by atoms with Gasteiger partial charge >= 0.3 is 0 Å². The molecule has 4 heteroatoms. The van der Waals surface area contributed by atoms with Crippen molar-refractivity contribution in [3.8, 4) is 17.7 Å². The molecule has 1 fully saturated rings. The van der Waals surface area contributed by atoms with Crippen molar-refractivity contribution >= 4 is 5.71 Å². The van der Waals surface area contributed by atoms with Crippen molar-refractivity contribution < 1.29 is 9.47 Å². The van der Waals surface area contributed by atoms with Crippen LogP contribution in [0.1, 0.15) is 48.8 Å². The third-order valence-corrected chi connectivity index (χ3v) is 5.90. The lowest BCUT2D eigenvalue weighted by Crippen LogP contribution is -2.31. The van der Waals surface area contributed by atoms with Crippen molar-refractivity contribution in [2.24, 2.45) is 10.4 Å². The van der Waals surface area contributed by atoms with Gasteiger partial charge < -0.3 is 9.47 Å². The molecule has 4 nitrogen and oxygen atoms in total. The number of hydrogen-bond acceptors (Lipinski definition) is 4. The molecule has 0 atom stereocenters. The first-order chi connectivity index (χ1) is 13.2. The van der Waals surface area contributed by atoms with E-state index in [9.17, 15) is 5.26 Å². The predicted octanol–water partition coefficient (Wildman–Crippen LogP) is 5.05. The van der Waals surface area contributed by atoms with Gasteiger partial charge in [0.05, 0.1) is 12.8 Å². The molecule has 27 heavy (non-hydrogen) atoms. The van der Waals surface area contributed by atoms with E-state index in [1.165, 1.54) is 24.8 Å². The molecule has 0 aliphatic heterocycles. The van der Waals surface area contributed by atoms with Crippen LogP contribution in [0.2, 0.25) is 0 Å². The van der Waals surface area contributed by atoms with Gasteiger partial charge in [-0.1, -0.05) is 37.5 Å². The fraction of sp³-hybridized carbons (Fsp3) is 0.391. The highest BCUT2D eigenvalue weighted by atomic mass is 16.5. The van der Waals surface area contributed by atoms with Gasteiger partial charge in [0.15, 0.2) is 0 Å². The molecule has 1 saturated carbocycles. The third-order valence-electron chi connectivity index (χ3n) is 5.90. The molecule has 0 unspecified atom stereocenters. The van der Waals surface area contributed by atoms with Gasteiger partial charge in [0.25, 0.3) is 0 Å². The SMILES string of the molecule is COc1ccc(COc2ccc3c(c2)C(=NC#N)C2(CCCCC2)C3)cc1. The first-order valence-corrected chi connectivity index (χ1v) is 9.60. The van der Waals surface area contributed by atoms with E-state index in [4.69, 9.17) is 9.47 Å². The first-order valence-electron chi connectivity index (χ1n) is 9.60. The summed E-state index contributed by atoms with van der Waals surface area (Å²) in [6.45, 7) is 0.499. The topological polar surface area (TPSA) is 54.6 Å². The van der Waals surface area contributed by atoms with Gasteiger partial charge in [-0.3, -0.25) is 0 Å². The first kappa shape index (κ1) is 17.6. The number of benzene rings is 2. The zero-order valence-electron chi connectivity index (χ0n) is 15.7. The lowest BCUT2D eigenvalue weighted by Gasteiger charge is -2.33. The van der Waals surface area contributed by atoms with Crippen molar-refractivity contribution in [3.05, 3.63) is 59.2 Å². The Balaban J connectivity index is 1.55. The van der Waals surface area contributed by atoms with E-state index in [-0.39, 0.29) is 5.41 Å². The highest BCUT2D eigenvalue weighted by Gasteiger charge is 2.44. The van der Waals surface area contributed by atoms with Crippen LogP contribution in [-0.4, -0.2) is 12.8 Å². The Morgan fingerprint density at radius 3 is 2.48 bits per heavy atom. The fourth-order valence-corrected chi connectivity index (χ4v) is 4.51. The number of ether oxygens (including phenoxy) is 2.